The maximum Gasteiger partial charge on any atom is 0.303 e. The van der Waals surface area contributed by atoms with Crippen LogP contribution in [0.5, 0.6) is 0 Å². The van der Waals surface area contributed by atoms with Gasteiger partial charge in [0.15, 0.2) is 0 Å². The number of carboxylic acids is 1. The molecule has 8 heteroatoms. The zero-order chi connectivity index (χ0) is 19.7. The number of carboxylic acid groups (broad SMARTS) is 1. The Kier molecular flexibility index (Phi) is 4.77. The topological polar surface area (TPSA) is 97.0 Å². The van der Waals surface area contributed by atoms with Gasteiger partial charge in [0.25, 0.3) is 0 Å². The van der Waals surface area contributed by atoms with Gasteiger partial charge in [-0.1, -0.05) is 0 Å². The van der Waals surface area contributed by atoms with E-state index in [4.69, 9.17) is 10.1 Å². The SMILES string of the molecule is Cc1ccc(-c2ccnc(N3CCn4nc(CCC(=O)O)cc4C3)n2)c(C)n1. The fourth-order valence-electron chi connectivity index (χ4n) is 3.46. The van der Waals surface area contributed by atoms with Crippen molar-refractivity contribution in [1.82, 2.24) is 24.7 Å². The van der Waals surface area contributed by atoms with Crippen molar-refractivity contribution in [2.45, 2.75) is 39.8 Å². The molecule has 0 fully saturated rings. The molecule has 8 nitrogen and oxygen atoms in total. The largest absolute Gasteiger partial charge is 0.481 e. The van der Waals surface area contributed by atoms with Crippen molar-refractivity contribution in [1.29, 1.82) is 0 Å². The molecule has 4 heterocycles. The van der Waals surface area contributed by atoms with E-state index in [-0.39, 0.29) is 6.42 Å². The van der Waals surface area contributed by atoms with Gasteiger partial charge in [-0.2, -0.15) is 5.10 Å². The summed E-state index contributed by atoms with van der Waals surface area (Å²) in [6.45, 7) is 6.09. The van der Waals surface area contributed by atoms with Crippen molar-refractivity contribution >= 4 is 11.9 Å². The summed E-state index contributed by atoms with van der Waals surface area (Å²) in [6, 6.07) is 7.92. The lowest BCUT2D eigenvalue weighted by Gasteiger charge is -2.27. The van der Waals surface area contributed by atoms with Gasteiger partial charge in [-0.15, -0.1) is 0 Å². The highest BCUT2D eigenvalue weighted by Gasteiger charge is 2.21. The monoisotopic (exact) mass is 378 g/mol. The van der Waals surface area contributed by atoms with Crippen molar-refractivity contribution < 1.29 is 9.90 Å². The van der Waals surface area contributed by atoms with E-state index in [0.29, 0.717) is 18.9 Å². The predicted octanol–water partition coefficient (Wildman–Crippen LogP) is 2.39. The second-order valence-corrected chi connectivity index (χ2v) is 6.99. The summed E-state index contributed by atoms with van der Waals surface area (Å²) >= 11 is 0. The minimum Gasteiger partial charge on any atom is -0.481 e. The Balaban J connectivity index is 1.55. The maximum atomic E-state index is 10.8. The average molecular weight is 378 g/mol. The lowest BCUT2D eigenvalue weighted by atomic mass is 10.1. The highest BCUT2D eigenvalue weighted by Crippen LogP contribution is 2.24. The molecule has 0 unspecified atom stereocenters. The number of aryl methyl sites for hydroxylation is 3. The van der Waals surface area contributed by atoms with Crippen LogP contribution in [0, 0.1) is 13.8 Å². The molecule has 1 aliphatic heterocycles. The number of carbonyl (C=O) groups is 1. The Morgan fingerprint density at radius 1 is 1.18 bits per heavy atom. The molecular weight excluding hydrogens is 356 g/mol. The van der Waals surface area contributed by atoms with E-state index in [1.165, 1.54) is 0 Å². The average Bonchev–Trinajstić information content (AvgIpc) is 3.08. The van der Waals surface area contributed by atoms with E-state index < -0.39 is 5.97 Å². The Bertz CT molecular complexity index is 1030. The second-order valence-electron chi connectivity index (χ2n) is 6.99. The van der Waals surface area contributed by atoms with E-state index in [1.807, 2.05) is 42.8 Å². The van der Waals surface area contributed by atoms with Gasteiger partial charge < -0.3 is 10.0 Å². The van der Waals surface area contributed by atoms with Gasteiger partial charge in [-0.05, 0) is 38.1 Å². The van der Waals surface area contributed by atoms with Crippen molar-refractivity contribution in [3.8, 4) is 11.3 Å². The van der Waals surface area contributed by atoms with Gasteiger partial charge in [0.05, 0.1) is 36.6 Å². The molecule has 144 valence electrons. The third kappa shape index (κ3) is 3.71. The van der Waals surface area contributed by atoms with Crippen LogP contribution in [0.25, 0.3) is 11.3 Å². The number of rotatable bonds is 5. The predicted molar refractivity (Wildman–Crippen MR) is 104 cm³/mol. The third-order valence-corrected chi connectivity index (χ3v) is 4.87. The Morgan fingerprint density at radius 3 is 2.82 bits per heavy atom. The first-order valence-electron chi connectivity index (χ1n) is 9.29. The Morgan fingerprint density at radius 2 is 2.04 bits per heavy atom. The molecule has 1 N–H and O–H groups in total. The first-order valence-corrected chi connectivity index (χ1v) is 9.29. The van der Waals surface area contributed by atoms with E-state index in [9.17, 15) is 4.79 Å². The molecule has 28 heavy (non-hydrogen) atoms. The lowest BCUT2D eigenvalue weighted by molar-refractivity contribution is -0.136. The summed E-state index contributed by atoms with van der Waals surface area (Å²) in [4.78, 5) is 26.7. The van der Waals surface area contributed by atoms with Crippen molar-refractivity contribution in [2.75, 3.05) is 11.4 Å². The summed E-state index contributed by atoms with van der Waals surface area (Å²) < 4.78 is 1.95. The number of pyridine rings is 1. The molecular formula is C20H22N6O2. The summed E-state index contributed by atoms with van der Waals surface area (Å²) in [5, 5.41) is 13.4. The van der Waals surface area contributed by atoms with Crippen LogP contribution in [0.4, 0.5) is 5.95 Å². The summed E-state index contributed by atoms with van der Waals surface area (Å²) in [5.41, 5.74) is 5.66. The van der Waals surface area contributed by atoms with Crippen LogP contribution in [-0.2, 0) is 24.3 Å². The lowest BCUT2D eigenvalue weighted by Crippen LogP contribution is -2.35. The van der Waals surface area contributed by atoms with Crippen molar-refractivity contribution in [3.63, 3.8) is 0 Å². The number of aliphatic carboxylic acids is 1. The summed E-state index contributed by atoms with van der Waals surface area (Å²) in [6.07, 6.45) is 2.32. The molecule has 0 aliphatic carbocycles. The van der Waals surface area contributed by atoms with E-state index in [2.05, 4.69) is 20.0 Å². The zero-order valence-corrected chi connectivity index (χ0v) is 16.0. The normalized spacial score (nSPS) is 13.4. The van der Waals surface area contributed by atoms with Gasteiger partial charge in [-0.25, -0.2) is 9.97 Å². The van der Waals surface area contributed by atoms with Gasteiger partial charge in [0.1, 0.15) is 0 Å². The first-order chi connectivity index (χ1) is 13.5. The van der Waals surface area contributed by atoms with Gasteiger partial charge >= 0.3 is 5.97 Å². The highest BCUT2D eigenvalue weighted by atomic mass is 16.4. The van der Waals surface area contributed by atoms with Crippen LogP contribution in [0.1, 0.15) is 29.2 Å². The quantitative estimate of drug-likeness (QED) is 0.728. The molecule has 0 spiro atoms. The number of hydrogen-bond donors (Lipinski definition) is 1. The molecule has 1 aliphatic rings. The van der Waals surface area contributed by atoms with E-state index in [1.54, 1.807) is 6.20 Å². The van der Waals surface area contributed by atoms with Crippen LogP contribution < -0.4 is 4.90 Å². The van der Waals surface area contributed by atoms with Crippen LogP contribution >= 0.6 is 0 Å². The van der Waals surface area contributed by atoms with Crippen LogP contribution in [-0.4, -0.2) is 42.4 Å². The standard InChI is InChI=1S/C20H22N6O2/c1-13-3-5-17(14(2)22-13)18-7-8-21-20(23-18)25-9-10-26-16(12-25)11-15(24-26)4-6-19(27)28/h3,5,7-8,11H,4,6,9-10,12H2,1-2H3,(H,27,28). The van der Waals surface area contributed by atoms with Crippen LogP contribution in [0.3, 0.4) is 0 Å². The van der Waals surface area contributed by atoms with Crippen LogP contribution in [0.15, 0.2) is 30.5 Å². The third-order valence-electron chi connectivity index (χ3n) is 4.87. The van der Waals surface area contributed by atoms with Crippen LogP contribution in [0.2, 0.25) is 0 Å². The number of anilines is 1. The van der Waals surface area contributed by atoms with E-state index in [0.717, 1.165) is 47.1 Å². The summed E-state index contributed by atoms with van der Waals surface area (Å²) in [7, 11) is 0. The molecule has 3 aromatic rings. The highest BCUT2D eigenvalue weighted by molar-refractivity contribution is 5.67. The number of fused-ring (bicyclic) bond motifs is 1. The van der Waals surface area contributed by atoms with Gasteiger partial charge in [0.2, 0.25) is 5.95 Å². The van der Waals surface area contributed by atoms with Gasteiger partial charge in [-0.3, -0.25) is 14.5 Å². The number of aromatic nitrogens is 5. The fourth-order valence-corrected chi connectivity index (χ4v) is 3.46. The zero-order valence-electron chi connectivity index (χ0n) is 16.0. The smallest absolute Gasteiger partial charge is 0.303 e. The van der Waals surface area contributed by atoms with E-state index >= 15 is 0 Å². The van der Waals surface area contributed by atoms with Crippen molar-refractivity contribution in [3.05, 3.63) is 53.2 Å². The maximum absolute atomic E-state index is 10.8. The molecule has 0 amide bonds. The van der Waals surface area contributed by atoms with Crippen molar-refractivity contribution in [2.24, 2.45) is 0 Å². The fraction of sp³-hybridized carbons (Fsp3) is 0.350. The Hall–Kier alpha value is -3.29. The molecule has 3 aromatic heterocycles. The van der Waals surface area contributed by atoms with Gasteiger partial charge in [0, 0.05) is 36.1 Å². The minimum atomic E-state index is -0.807. The molecule has 0 aromatic carbocycles. The second kappa shape index (κ2) is 7.38. The number of nitrogens with zero attached hydrogens (tertiary/aromatic N) is 6. The Labute approximate surface area is 162 Å². The molecule has 0 saturated heterocycles. The number of hydrogen-bond acceptors (Lipinski definition) is 6. The molecule has 0 atom stereocenters. The minimum absolute atomic E-state index is 0.0925. The molecule has 4 rings (SSSR count). The molecule has 0 radical (unpaired) electrons. The molecule has 0 bridgehead atoms. The summed E-state index contributed by atoms with van der Waals surface area (Å²) in [5.74, 6) is -0.129. The first kappa shape index (κ1) is 18.1. The molecule has 0 saturated carbocycles.